The van der Waals surface area contributed by atoms with Crippen molar-refractivity contribution in [1.29, 1.82) is 5.26 Å². The van der Waals surface area contributed by atoms with Crippen LogP contribution in [0.5, 0.6) is 0 Å². The van der Waals surface area contributed by atoms with Gasteiger partial charge in [-0.3, -0.25) is 4.79 Å². The molecular weight excluding hydrogens is 198 g/mol. The summed E-state index contributed by atoms with van der Waals surface area (Å²) < 4.78 is 5.00. The van der Waals surface area contributed by atoms with Gasteiger partial charge in [0, 0.05) is 0 Å². The monoisotopic (exact) mass is 207 g/mol. The minimum Gasteiger partial charge on any atom is -0.467 e. The molecule has 0 radical (unpaired) electrons. The molecular formula is C9H9N3O3. The third-order valence-electron chi connectivity index (χ3n) is 1.55. The summed E-state index contributed by atoms with van der Waals surface area (Å²) in [5.74, 6) is -0.0357. The second-order valence-corrected chi connectivity index (χ2v) is 2.52. The predicted molar refractivity (Wildman–Crippen MR) is 50.4 cm³/mol. The summed E-state index contributed by atoms with van der Waals surface area (Å²) in [6, 6.07) is 3.35. The van der Waals surface area contributed by atoms with Crippen molar-refractivity contribution in [2.24, 2.45) is 5.16 Å². The van der Waals surface area contributed by atoms with Gasteiger partial charge in [0.05, 0.1) is 12.8 Å². The molecule has 0 unspecified atom stereocenters. The van der Waals surface area contributed by atoms with Gasteiger partial charge in [0.2, 0.25) is 0 Å². The topological polar surface area (TPSA) is 78.8 Å². The van der Waals surface area contributed by atoms with Crippen molar-refractivity contribution < 1.29 is 14.0 Å². The lowest BCUT2D eigenvalue weighted by atomic mass is 10.4. The quantitative estimate of drug-likeness (QED) is 0.315. The van der Waals surface area contributed by atoms with Crippen molar-refractivity contribution in [2.75, 3.05) is 7.11 Å². The molecule has 0 aliphatic rings. The highest BCUT2D eigenvalue weighted by Crippen LogP contribution is 2.04. The summed E-state index contributed by atoms with van der Waals surface area (Å²) in [6.45, 7) is 0.0814. The Bertz CT molecular complexity index is 378. The minimum atomic E-state index is -0.559. The molecule has 0 aliphatic carbocycles. The number of oxime groups is 1. The Morgan fingerprint density at radius 3 is 3.20 bits per heavy atom. The second kappa shape index (κ2) is 5.44. The first-order valence-electron chi connectivity index (χ1n) is 4.08. The number of rotatable bonds is 4. The SMILES string of the molecule is CON=CC(=O)N(C#N)Cc1ccco1. The summed E-state index contributed by atoms with van der Waals surface area (Å²) in [4.78, 5) is 16.5. The molecule has 0 bridgehead atoms. The van der Waals surface area contributed by atoms with Gasteiger partial charge < -0.3 is 9.25 Å². The fourth-order valence-corrected chi connectivity index (χ4v) is 0.888. The Hall–Kier alpha value is -2.29. The van der Waals surface area contributed by atoms with Crippen LogP contribution in [0.15, 0.2) is 28.0 Å². The molecule has 15 heavy (non-hydrogen) atoms. The average Bonchev–Trinajstić information content (AvgIpc) is 2.75. The van der Waals surface area contributed by atoms with E-state index in [0.29, 0.717) is 5.76 Å². The van der Waals surface area contributed by atoms with E-state index in [1.54, 1.807) is 18.3 Å². The maximum absolute atomic E-state index is 11.3. The molecule has 1 heterocycles. The summed E-state index contributed by atoms with van der Waals surface area (Å²) in [7, 11) is 1.31. The molecule has 0 N–H and O–H groups in total. The summed E-state index contributed by atoms with van der Waals surface area (Å²) in [5.41, 5.74) is 0. The summed E-state index contributed by atoms with van der Waals surface area (Å²) in [6.07, 6.45) is 4.12. The number of nitriles is 1. The van der Waals surface area contributed by atoms with Gasteiger partial charge in [-0.1, -0.05) is 5.16 Å². The fourth-order valence-electron chi connectivity index (χ4n) is 0.888. The van der Waals surface area contributed by atoms with Crippen molar-refractivity contribution in [2.45, 2.75) is 6.54 Å². The van der Waals surface area contributed by atoms with Gasteiger partial charge in [0.15, 0.2) is 6.19 Å². The molecule has 6 heteroatoms. The van der Waals surface area contributed by atoms with Crippen molar-refractivity contribution in [3.63, 3.8) is 0 Å². The number of carbonyl (C=O) groups excluding carboxylic acids is 1. The van der Waals surface area contributed by atoms with Gasteiger partial charge in [-0.05, 0) is 12.1 Å². The van der Waals surface area contributed by atoms with Crippen LogP contribution in [0.4, 0.5) is 0 Å². The van der Waals surface area contributed by atoms with E-state index in [1.807, 2.05) is 0 Å². The van der Waals surface area contributed by atoms with Crippen molar-refractivity contribution in [3.8, 4) is 6.19 Å². The molecule has 0 aromatic carbocycles. The largest absolute Gasteiger partial charge is 0.467 e. The first-order valence-corrected chi connectivity index (χ1v) is 4.08. The van der Waals surface area contributed by atoms with Gasteiger partial charge >= 0.3 is 0 Å². The van der Waals surface area contributed by atoms with Crippen molar-refractivity contribution >= 4 is 12.1 Å². The van der Waals surface area contributed by atoms with Crippen LogP contribution >= 0.6 is 0 Å². The maximum Gasteiger partial charge on any atom is 0.281 e. The Labute approximate surface area is 86.3 Å². The molecule has 0 atom stereocenters. The molecule has 1 aromatic heterocycles. The zero-order valence-electron chi connectivity index (χ0n) is 8.08. The zero-order chi connectivity index (χ0) is 11.1. The van der Waals surface area contributed by atoms with Gasteiger partial charge in [-0.15, -0.1) is 0 Å². The van der Waals surface area contributed by atoms with Crippen LogP contribution < -0.4 is 0 Å². The Morgan fingerprint density at radius 2 is 2.67 bits per heavy atom. The standard InChI is InChI=1S/C9H9N3O3/c1-14-11-5-9(13)12(7-10)6-8-3-2-4-15-8/h2-5H,6H2,1H3. The van der Waals surface area contributed by atoms with E-state index < -0.39 is 5.91 Å². The second-order valence-electron chi connectivity index (χ2n) is 2.52. The number of furan rings is 1. The molecule has 1 amide bonds. The lowest BCUT2D eigenvalue weighted by Crippen LogP contribution is -2.26. The highest BCUT2D eigenvalue weighted by Gasteiger charge is 2.12. The Kier molecular flexibility index (Phi) is 3.91. The lowest BCUT2D eigenvalue weighted by molar-refractivity contribution is -0.121. The highest BCUT2D eigenvalue weighted by molar-refractivity contribution is 6.26. The van der Waals surface area contributed by atoms with Crippen LogP contribution in [0.3, 0.4) is 0 Å². The highest BCUT2D eigenvalue weighted by atomic mass is 16.6. The summed E-state index contributed by atoms with van der Waals surface area (Å²) >= 11 is 0. The first-order chi connectivity index (χ1) is 7.27. The van der Waals surface area contributed by atoms with E-state index in [9.17, 15) is 4.79 Å². The van der Waals surface area contributed by atoms with E-state index >= 15 is 0 Å². The smallest absolute Gasteiger partial charge is 0.281 e. The van der Waals surface area contributed by atoms with Crippen molar-refractivity contribution in [3.05, 3.63) is 24.2 Å². The lowest BCUT2D eigenvalue weighted by Gasteiger charge is -2.07. The molecule has 0 spiro atoms. The predicted octanol–water partition coefficient (Wildman–Crippen LogP) is 0.721. The van der Waals surface area contributed by atoms with E-state index in [-0.39, 0.29) is 6.54 Å². The van der Waals surface area contributed by atoms with Crippen LogP contribution in [0.1, 0.15) is 5.76 Å². The van der Waals surface area contributed by atoms with Crippen LogP contribution in [-0.4, -0.2) is 24.1 Å². The number of nitrogens with zero attached hydrogens (tertiary/aromatic N) is 3. The van der Waals surface area contributed by atoms with Crippen LogP contribution in [-0.2, 0) is 16.2 Å². The van der Waals surface area contributed by atoms with Gasteiger partial charge in [0.25, 0.3) is 5.91 Å². The number of carbonyl (C=O) groups is 1. The van der Waals surface area contributed by atoms with Crippen LogP contribution in [0, 0.1) is 11.5 Å². The molecule has 0 saturated carbocycles. The number of hydrogen-bond acceptors (Lipinski definition) is 5. The molecule has 0 fully saturated rings. The molecule has 6 nitrogen and oxygen atoms in total. The molecule has 0 aliphatic heterocycles. The average molecular weight is 207 g/mol. The third kappa shape index (κ3) is 3.15. The van der Waals surface area contributed by atoms with E-state index in [2.05, 4.69) is 9.99 Å². The van der Waals surface area contributed by atoms with E-state index in [1.165, 1.54) is 13.4 Å². The minimum absolute atomic E-state index is 0.0814. The third-order valence-corrected chi connectivity index (χ3v) is 1.55. The summed E-state index contributed by atoms with van der Waals surface area (Å²) in [5, 5.41) is 12.0. The molecule has 1 aromatic rings. The number of amides is 1. The van der Waals surface area contributed by atoms with Crippen LogP contribution in [0.2, 0.25) is 0 Å². The maximum atomic E-state index is 11.3. The molecule has 0 saturated heterocycles. The number of hydrogen-bond donors (Lipinski definition) is 0. The van der Waals surface area contributed by atoms with Gasteiger partial charge in [-0.25, -0.2) is 4.90 Å². The van der Waals surface area contributed by atoms with Gasteiger partial charge in [-0.2, -0.15) is 5.26 Å². The zero-order valence-corrected chi connectivity index (χ0v) is 8.08. The van der Waals surface area contributed by atoms with Crippen molar-refractivity contribution in [1.82, 2.24) is 4.90 Å². The van der Waals surface area contributed by atoms with Crippen LogP contribution in [0.25, 0.3) is 0 Å². The van der Waals surface area contributed by atoms with Gasteiger partial charge in [0.1, 0.15) is 19.1 Å². The normalized spacial score (nSPS) is 9.87. The van der Waals surface area contributed by atoms with E-state index in [0.717, 1.165) is 11.1 Å². The molecule has 1 rings (SSSR count). The fraction of sp³-hybridized carbons (Fsp3) is 0.222. The Balaban J connectivity index is 2.61. The first kappa shape index (κ1) is 10.8. The molecule has 78 valence electrons. The Morgan fingerprint density at radius 1 is 1.87 bits per heavy atom. The van der Waals surface area contributed by atoms with E-state index in [4.69, 9.17) is 9.68 Å².